The van der Waals surface area contributed by atoms with Crippen molar-refractivity contribution < 1.29 is 4.74 Å². The van der Waals surface area contributed by atoms with Crippen LogP contribution < -0.4 is 4.74 Å². The highest BCUT2D eigenvalue weighted by molar-refractivity contribution is 7.98. The molecule has 0 N–H and O–H groups in total. The predicted octanol–water partition coefficient (Wildman–Crippen LogP) is 4.13. The van der Waals surface area contributed by atoms with E-state index in [4.69, 9.17) is 27.9 Å². The van der Waals surface area contributed by atoms with Crippen molar-refractivity contribution in [2.75, 3.05) is 0 Å². The van der Waals surface area contributed by atoms with Gasteiger partial charge in [0.25, 0.3) is 0 Å². The number of rotatable bonds is 4. The van der Waals surface area contributed by atoms with E-state index in [2.05, 4.69) is 22.1 Å². The van der Waals surface area contributed by atoms with E-state index in [1.165, 1.54) is 11.8 Å². The van der Waals surface area contributed by atoms with Crippen LogP contribution in [0.15, 0.2) is 17.6 Å². The van der Waals surface area contributed by atoms with Crippen LogP contribution in [0.2, 0.25) is 10.0 Å². The smallest absolute Gasteiger partial charge is 0.221 e. The fraction of sp³-hybridized carbons (Fsp3) is 0.286. The highest BCUT2D eigenvalue weighted by Gasteiger charge is 2.20. The zero-order valence-electron chi connectivity index (χ0n) is 11.1. The minimum atomic E-state index is 0.546. The van der Waals surface area contributed by atoms with Crippen LogP contribution in [0.3, 0.4) is 0 Å². The van der Waals surface area contributed by atoms with Gasteiger partial charge in [-0.2, -0.15) is 4.98 Å². The Hall–Kier alpha value is -1.04. The molecule has 0 saturated carbocycles. The molecule has 2 heterocycles. The van der Waals surface area contributed by atoms with Crippen molar-refractivity contribution in [3.8, 4) is 5.88 Å². The molecule has 2 aromatic rings. The second-order valence-electron chi connectivity index (χ2n) is 4.60. The van der Waals surface area contributed by atoms with Gasteiger partial charge in [0.15, 0.2) is 5.16 Å². The van der Waals surface area contributed by atoms with E-state index in [0.29, 0.717) is 26.8 Å². The first-order valence-corrected chi connectivity index (χ1v) is 8.15. The lowest BCUT2D eigenvalue weighted by Crippen LogP contribution is -1.99. The topological polar surface area (TPSA) is 47.9 Å². The first-order chi connectivity index (χ1) is 10.2. The van der Waals surface area contributed by atoms with Crippen LogP contribution in [-0.4, -0.2) is 15.0 Å². The van der Waals surface area contributed by atoms with E-state index in [1.54, 1.807) is 12.4 Å². The molecule has 0 fully saturated rings. The molecule has 0 amide bonds. The molecule has 109 valence electrons. The fourth-order valence-corrected chi connectivity index (χ4v) is 3.84. The maximum absolute atomic E-state index is 6.11. The third-order valence-electron chi connectivity index (χ3n) is 3.31. The van der Waals surface area contributed by atoms with E-state index in [0.717, 1.165) is 36.1 Å². The third-order valence-corrected chi connectivity index (χ3v) is 4.83. The van der Waals surface area contributed by atoms with Gasteiger partial charge in [-0.25, -0.2) is 4.98 Å². The maximum Gasteiger partial charge on any atom is 0.221 e. The number of hydrogen-bond donors (Lipinski definition) is 0. The van der Waals surface area contributed by atoms with Crippen LogP contribution in [0, 0.1) is 7.11 Å². The molecular formula is C14H12Cl2N3OS. The summed E-state index contributed by atoms with van der Waals surface area (Å²) in [6, 6.07) is 0. The Bertz CT molecular complexity index is 661. The summed E-state index contributed by atoms with van der Waals surface area (Å²) in [6.07, 6.45) is 6.15. The van der Waals surface area contributed by atoms with Crippen molar-refractivity contribution >= 4 is 35.0 Å². The molecule has 7 heteroatoms. The molecule has 21 heavy (non-hydrogen) atoms. The van der Waals surface area contributed by atoms with Crippen LogP contribution in [0.4, 0.5) is 0 Å². The lowest BCUT2D eigenvalue weighted by molar-refractivity contribution is 0.440. The standard InChI is InChI=1S/C14H12Cl2N3OS/c1-20-13-8-3-2-4-12(8)18-14(19-13)21-7-9-10(15)5-17-6-11(9)16/h5-6H,1-4,7H2. The summed E-state index contributed by atoms with van der Waals surface area (Å²) in [6.45, 7) is 0. The molecule has 0 bridgehead atoms. The molecule has 3 rings (SSSR count). The quantitative estimate of drug-likeness (QED) is 0.618. The van der Waals surface area contributed by atoms with Crippen LogP contribution in [0.1, 0.15) is 23.2 Å². The van der Waals surface area contributed by atoms with E-state index in [9.17, 15) is 0 Å². The van der Waals surface area contributed by atoms with Gasteiger partial charge in [0, 0.05) is 29.3 Å². The number of nitrogens with zero attached hydrogens (tertiary/aromatic N) is 3. The van der Waals surface area contributed by atoms with Crippen LogP contribution in [-0.2, 0) is 18.6 Å². The third kappa shape index (κ3) is 3.10. The zero-order chi connectivity index (χ0) is 14.8. The number of hydrogen-bond acceptors (Lipinski definition) is 5. The van der Waals surface area contributed by atoms with Crippen molar-refractivity contribution in [3.05, 3.63) is 46.4 Å². The van der Waals surface area contributed by atoms with Gasteiger partial charge in [0.05, 0.1) is 15.7 Å². The number of pyridine rings is 1. The summed E-state index contributed by atoms with van der Waals surface area (Å²) in [5.41, 5.74) is 2.96. The Kier molecular flexibility index (Phi) is 4.52. The molecule has 0 saturated heterocycles. The summed E-state index contributed by atoms with van der Waals surface area (Å²) < 4.78 is 5.12. The van der Waals surface area contributed by atoms with Crippen LogP contribution in [0.25, 0.3) is 0 Å². The molecule has 0 spiro atoms. The van der Waals surface area contributed by atoms with Crippen molar-refractivity contribution in [3.63, 3.8) is 0 Å². The van der Waals surface area contributed by atoms with Gasteiger partial charge >= 0.3 is 0 Å². The lowest BCUT2D eigenvalue weighted by Gasteiger charge is -2.09. The van der Waals surface area contributed by atoms with Gasteiger partial charge < -0.3 is 4.74 Å². The summed E-state index contributed by atoms with van der Waals surface area (Å²) in [5.74, 6) is 1.15. The fourth-order valence-electron chi connectivity index (χ4n) is 2.27. The van der Waals surface area contributed by atoms with Crippen molar-refractivity contribution in [1.82, 2.24) is 15.0 Å². The van der Waals surface area contributed by atoms with E-state index < -0.39 is 0 Å². The number of aromatic nitrogens is 3. The second kappa shape index (κ2) is 6.38. The Morgan fingerprint density at radius 1 is 1.19 bits per heavy atom. The number of aryl methyl sites for hydroxylation is 1. The molecule has 1 aliphatic carbocycles. The van der Waals surface area contributed by atoms with Crippen LogP contribution in [0.5, 0.6) is 5.88 Å². The average Bonchev–Trinajstić information content (AvgIpc) is 2.94. The first-order valence-electron chi connectivity index (χ1n) is 6.41. The molecule has 0 atom stereocenters. The molecule has 1 aliphatic rings. The number of fused-ring (bicyclic) bond motifs is 1. The number of ether oxygens (including phenoxy) is 1. The summed E-state index contributed by atoms with van der Waals surface area (Å²) in [5, 5.41) is 1.74. The van der Waals surface area contributed by atoms with Gasteiger partial charge in [-0.3, -0.25) is 4.98 Å². The van der Waals surface area contributed by atoms with E-state index >= 15 is 0 Å². The molecular weight excluding hydrogens is 329 g/mol. The summed E-state index contributed by atoms with van der Waals surface area (Å²) in [7, 11) is 3.47. The zero-order valence-corrected chi connectivity index (χ0v) is 13.4. The van der Waals surface area contributed by atoms with Gasteiger partial charge in [-0.05, 0) is 19.3 Å². The lowest BCUT2D eigenvalue weighted by atomic mass is 10.2. The van der Waals surface area contributed by atoms with Gasteiger partial charge in [0.1, 0.15) is 7.11 Å². The Balaban J connectivity index is 1.83. The Morgan fingerprint density at radius 2 is 1.95 bits per heavy atom. The molecule has 0 unspecified atom stereocenters. The SMILES string of the molecule is [CH2]Oc1nc(SCc2c(Cl)cncc2Cl)nc2c1CCC2. The van der Waals surface area contributed by atoms with Crippen molar-refractivity contribution in [1.29, 1.82) is 0 Å². The largest absolute Gasteiger partial charge is 0.474 e. The van der Waals surface area contributed by atoms with Gasteiger partial charge in [0.2, 0.25) is 5.88 Å². The molecule has 0 aromatic carbocycles. The van der Waals surface area contributed by atoms with E-state index in [1.807, 2.05) is 0 Å². The first kappa shape index (κ1) is 14.9. The monoisotopic (exact) mass is 340 g/mol. The Labute approximate surface area is 137 Å². The average molecular weight is 341 g/mol. The molecule has 2 aromatic heterocycles. The van der Waals surface area contributed by atoms with Crippen molar-refractivity contribution in [2.24, 2.45) is 0 Å². The number of halogens is 2. The predicted molar refractivity (Wildman–Crippen MR) is 83.9 cm³/mol. The highest BCUT2D eigenvalue weighted by Crippen LogP contribution is 2.33. The molecule has 1 radical (unpaired) electrons. The molecule has 4 nitrogen and oxygen atoms in total. The normalized spacial score (nSPS) is 13.3. The van der Waals surface area contributed by atoms with Crippen molar-refractivity contribution in [2.45, 2.75) is 30.2 Å². The van der Waals surface area contributed by atoms with Gasteiger partial charge in [-0.1, -0.05) is 35.0 Å². The van der Waals surface area contributed by atoms with Crippen LogP contribution >= 0.6 is 35.0 Å². The second-order valence-corrected chi connectivity index (χ2v) is 6.36. The summed E-state index contributed by atoms with van der Waals surface area (Å²) >= 11 is 13.7. The summed E-state index contributed by atoms with van der Waals surface area (Å²) in [4.78, 5) is 12.9. The Morgan fingerprint density at radius 3 is 2.67 bits per heavy atom. The minimum Gasteiger partial charge on any atom is -0.474 e. The number of thioether (sulfide) groups is 1. The molecule has 0 aliphatic heterocycles. The highest BCUT2D eigenvalue weighted by atomic mass is 35.5. The minimum absolute atomic E-state index is 0.546. The van der Waals surface area contributed by atoms with E-state index in [-0.39, 0.29) is 0 Å². The maximum atomic E-state index is 6.11. The van der Waals surface area contributed by atoms with Gasteiger partial charge in [-0.15, -0.1) is 0 Å².